The topological polar surface area (TPSA) is 58.6 Å². The molecule has 0 saturated heterocycles. The van der Waals surface area contributed by atoms with Crippen molar-refractivity contribution in [3.8, 4) is 5.75 Å². The smallest absolute Gasteiger partial charge is 0.324 e. The fourth-order valence-corrected chi connectivity index (χ4v) is 1.30. The second-order valence-corrected chi connectivity index (χ2v) is 3.49. The lowest BCUT2D eigenvalue weighted by molar-refractivity contribution is -0.151. The van der Waals surface area contributed by atoms with E-state index in [4.69, 9.17) is 9.94 Å². The Morgan fingerprint density at radius 3 is 2.69 bits per heavy atom. The molecule has 0 saturated carbocycles. The monoisotopic (exact) mass is 223 g/mol. The first-order valence-corrected chi connectivity index (χ1v) is 5.43. The number of hydrogen-bond acceptors (Lipinski definition) is 4. The maximum Gasteiger partial charge on any atom is 0.324 e. The van der Waals surface area contributed by atoms with Gasteiger partial charge in [0.2, 0.25) is 0 Å². The molecule has 0 spiro atoms. The average Bonchev–Trinajstić information content (AvgIpc) is 2.29. The van der Waals surface area contributed by atoms with E-state index < -0.39 is 0 Å². The van der Waals surface area contributed by atoms with E-state index in [-0.39, 0.29) is 11.7 Å². The highest BCUT2D eigenvalue weighted by molar-refractivity contribution is 5.68. The molecule has 0 fully saturated rings. The van der Waals surface area contributed by atoms with E-state index in [0.717, 1.165) is 18.4 Å². The van der Waals surface area contributed by atoms with E-state index in [2.05, 4.69) is 5.48 Å². The van der Waals surface area contributed by atoms with Crippen LogP contribution >= 0.6 is 0 Å². The molecule has 0 atom stereocenters. The number of phenolic OH excluding ortho intramolecular Hbond substituents is 1. The van der Waals surface area contributed by atoms with Gasteiger partial charge in [-0.05, 0) is 37.5 Å². The second-order valence-electron chi connectivity index (χ2n) is 3.49. The van der Waals surface area contributed by atoms with Gasteiger partial charge in [0.1, 0.15) is 5.75 Å². The van der Waals surface area contributed by atoms with Gasteiger partial charge in [-0.15, -0.1) is 0 Å². The minimum Gasteiger partial charge on any atom is -0.508 e. The number of aryl methyl sites for hydroxylation is 1. The van der Waals surface area contributed by atoms with Crippen LogP contribution in [0.5, 0.6) is 5.75 Å². The Morgan fingerprint density at radius 2 is 2.06 bits per heavy atom. The van der Waals surface area contributed by atoms with Crippen molar-refractivity contribution in [3.63, 3.8) is 0 Å². The SMILES string of the molecule is CCNOC(=O)CCCc1ccc(O)cc1. The van der Waals surface area contributed by atoms with E-state index in [1.807, 2.05) is 19.1 Å². The molecule has 0 aliphatic carbocycles. The van der Waals surface area contributed by atoms with Crippen LogP contribution in [0.15, 0.2) is 24.3 Å². The van der Waals surface area contributed by atoms with Gasteiger partial charge in [-0.25, -0.2) is 0 Å². The zero-order valence-corrected chi connectivity index (χ0v) is 9.40. The van der Waals surface area contributed by atoms with Crippen molar-refractivity contribution in [2.24, 2.45) is 0 Å². The maximum absolute atomic E-state index is 11.1. The Labute approximate surface area is 95.2 Å². The molecule has 4 nitrogen and oxygen atoms in total. The minimum atomic E-state index is -0.236. The molecule has 0 heterocycles. The average molecular weight is 223 g/mol. The van der Waals surface area contributed by atoms with Crippen LogP contribution in [0.1, 0.15) is 25.3 Å². The molecule has 0 bridgehead atoms. The number of aromatic hydroxyl groups is 1. The summed E-state index contributed by atoms with van der Waals surface area (Å²) in [7, 11) is 0. The summed E-state index contributed by atoms with van der Waals surface area (Å²) in [6, 6.07) is 6.99. The highest BCUT2D eigenvalue weighted by Crippen LogP contribution is 2.11. The molecular weight excluding hydrogens is 206 g/mol. The van der Waals surface area contributed by atoms with Crippen molar-refractivity contribution < 1.29 is 14.7 Å². The molecule has 0 aliphatic heterocycles. The van der Waals surface area contributed by atoms with Crippen molar-refractivity contribution >= 4 is 5.97 Å². The third kappa shape index (κ3) is 4.79. The fraction of sp³-hybridized carbons (Fsp3) is 0.417. The van der Waals surface area contributed by atoms with Crippen molar-refractivity contribution in [2.75, 3.05) is 6.54 Å². The number of hydroxylamine groups is 1. The Morgan fingerprint density at radius 1 is 1.38 bits per heavy atom. The summed E-state index contributed by atoms with van der Waals surface area (Å²) in [6.07, 6.45) is 1.95. The third-order valence-corrected chi connectivity index (χ3v) is 2.11. The largest absolute Gasteiger partial charge is 0.508 e. The number of carbonyl (C=O) groups is 1. The second kappa shape index (κ2) is 6.85. The highest BCUT2D eigenvalue weighted by Gasteiger charge is 2.02. The van der Waals surface area contributed by atoms with Crippen molar-refractivity contribution in [2.45, 2.75) is 26.2 Å². The van der Waals surface area contributed by atoms with E-state index in [0.29, 0.717) is 13.0 Å². The molecule has 0 amide bonds. The summed E-state index contributed by atoms with van der Waals surface area (Å²) < 4.78 is 0. The molecule has 1 aromatic rings. The summed E-state index contributed by atoms with van der Waals surface area (Å²) in [5.41, 5.74) is 3.63. The number of nitrogens with one attached hydrogen (secondary N) is 1. The van der Waals surface area contributed by atoms with Crippen molar-refractivity contribution in [1.29, 1.82) is 0 Å². The van der Waals surface area contributed by atoms with Crippen molar-refractivity contribution in [1.82, 2.24) is 5.48 Å². The van der Waals surface area contributed by atoms with Crippen molar-refractivity contribution in [3.05, 3.63) is 29.8 Å². The van der Waals surface area contributed by atoms with Gasteiger partial charge < -0.3 is 9.94 Å². The van der Waals surface area contributed by atoms with E-state index in [9.17, 15) is 4.79 Å². The van der Waals surface area contributed by atoms with Gasteiger partial charge in [0.25, 0.3) is 0 Å². The zero-order chi connectivity index (χ0) is 11.8. The van der Waals surface area contributed by atoms with Crippen LogP contribution in [0.4, 0.5) is 0 Å². The first-order chi connectivity index (χ1) is 7.72. The van der Waals surface area contributed by atoms with E-state index >= 15 is 0 Å². The lowest BCUT2D eigenvalue weighted by Crippen LogP contribution is -2.19. The summed E-state index contributed by atoms with van der Waals surface area (Å²) in [5, 5.41) is 9.09. The van der Waals surface area contributed by atoms with Gasteiger partial charge in [0.05, 0.1) is 0 Å². The predicted molar refractivity (Wildman–Crippen MR) is 60.8 cm³/mol. The van der Waals surface area contributed by atoms with Gasteiger partial charge in [0.15, 0.2) is 0 Å². The lowest BCUT2D eigenvalue weighted by atomic mass is 10.1. The van der Waals surface area contributed by atoms with Crippen LogP contribution in [0.2, 0.25) is 0 Å². The lowest BCUT2D eigenvalue weighted by Gasteiger charge is -2.03. The summed E-state index contributed by atoms with van der Waals surface area (Å²) in [6.45, 7) is 2.48. The maximum atomic E-state index is 11.1. The molecule has 1 rings (SSSR count). The standard InChI is InChI=1S/C12H17NO3/c1-2-13-16-12(15)5-3-4-10-6-8-11(14)9-7-10/h6-9,13-14H,2-5H2,1H3. The summed E-state index contributed by atoms with van der Waals surface area (Å²) >= 11 is 0. The Kier molecular flexibility index (Phi) is 5.36. The van der Waals surface area contributed by atoms with Crippen LogP contribution in [0.3, 0.4) is 0 Å². The quantitative estimate of drug-likeness (QED) is 0.722. The van der Waals surface area contributed by atoms with Crippen LogP contribution in [-0.4, -0.2) is 17.6 Å². The fourth-order valence-electron chi connectivity index (χ4n) is 1.30. The molecule has 4 heteroatoms. The van der Waals surface area contributed by atoms with Gasteiger partial charge >= 0.3 is 5.97 Å². The molecule has 88 valence electrons. The third-order valence-electron chi connectivity index (χ3n) is 2.11. The molecule has 16 heavy (non-hydrogen) atoms. The van der Waals surface area contributed by atoms with Gasteiger partial charge in [-0.1, -0.05) is 12.1 Å². The Bertz CT molecular complexity index is 322. The number of phenols is 1. The molecule has 0 aromatic heterocycles. The number of carbonyl (C=O) groups excluding carboxylic acids is 1. The van der Waals surface area contributed by atoms with E-state index in [1.165, 1.54) is 0 Å². The van der Waals surface area contributed by atoms with Crippen LogP contribution in [-0.2, 0) is 16.1 Å². The molecular formula is C12H17NO3. The van der Waals surface area contributed by atoms with Gasteiger partial charge in [0, 0.05) is 13.0 Å². The number of benzene rings is 1. The first-order valence-electron chi connectivity index (χ1n) is 5.43. The highest BCUT2D eigenvalue weighted by atomic mass is 16.7. The molecule has 1 aromatic carbocycles. The Hall–Kier alpha value is -1.55. The van der Waals surface area contributed by atoms with E-state index in [1.54, 1.807) is 12.1 Å². The molecule has 2 N–H and O–H groups in total. The van der Waals surface area contributed by atoms with Crippen LogP contribution < -0.4 is 5.48 Å². The predicted octanol–water partition coefficient (Wildman–Crippen LogP) is 1.78. The van der Waals surface area contributed by atoms with Gasteiger partial charge in [-0.2, -0.15) is 5.48 Å². The molecule has 0 unspecified atom stereocenters. The molecule has 0 aliphatic rings. The normalized spacial score (nSPS) is 10.1. The number of rotatable bonds is 6. The Balaban J connectivity index is 2.20. The summed E-state index contributed by atoms with van der Waals surface area (Å²) in [5.74, 6) is 0.0240. The summed E-state index contributed by atoms with van der Waals surface area (Å²) in [4.78, 5) is 15.8. The first kappa shape index (κ1) is 12.5. The number of hydrogen-bond donors (Lipinski definition) is 2. The van der Waals surface area contributed by atoms with Crippen LogP contribution in [0.25, 0.3) is 0 Å². The van der Waals surface area contributed by atoms with Gasteiger partial charge in [-0.3, -0.25) is 4.79 Å². The molecule has 0 radical (unpaired) electrons. The zero-order valence-electron chi connectivity index (χ0n) is 9.40. The van der Waals surface area contributed by atoms with Crippen LogP contribution in [0, 0.1) is 0 Å². The minimum absolute atomic E-state index is 0.236.